The van der Waals surface area contributed by atoms with Gasteiger partial charge in [0.2, 0.25) is 6.10 Å². The molecule has 3 aromatic rings. The minimum atomic E-state index is -1.10. The summed E-state index contributed by atoms with van der Waals surface area (Å²) in [5.41, 5.74) is 3.18. The maximum atomic E-state index is 13.0. The van der Waals surface area contributed by atoms with Crippen LogP contribution in [0.5, 0.6) is 11.5 Å². The van der Waals surface area contributed by atoms with Crippen molar-refractivity contribution in [3.8, 4) is 11.5 Å². The van der Waals surface area contributed by atoms with Crippen LogP contribution in [0.2, 0.25) is 0 Å². The zero-order chi connectivity index (χ0) is 22.2. The van der Waals surface area contributed by atoms with Gasteiger partial charge in [0.15, 0.2) is 6.61 Å². The minimum Gasteiger partial charge on any atom is -0.497 e. The Morgan fingerprint density at radius 2 is 1.58 bits per heavy atom. The summed E-state index contributed by atoms with van der Waals surface area (Å²) in [6, 6.07) is 21.5. The van der Waals surface area contributed by atoms with Crippen LogP contribution in [0.1, 0.15) is 22.8 Å². The van der Waals surface area contributed by atoms with Crippen molar-refractivity contribution in [2.75, 3.05) is 19.0 Å². The lowest BCUT2D eigenvalue weighted by molar-refractivity contribution is -0.156. The van der Waals surface area contributed by atoms with E-state index in [2.05, 4.69) is 5.32 Å². The van der Waals surface area contributed by atoms with Crippen LogP contribution in [0.3, 0.4) is 0 Å². The Morgan fingerprint density at radius 3 is 2.26 bits per heavy atom. The number of hydrogen-bond acceptors (Lipinski definition) is 5. The summed E-state index contributed by atoms with van der Waals surface area (Å²) >= 11 is 0. The van der Waals surface area contributed by atoms with E-state index < -0.39 is 18.0 Å². The average molecular weight is 419 g/mol. The maximum Gasteiger partial charge on any atom is 0.345 e. The van der Waals surface area contributed by atoms with E-state index in [4.69, 9.17) is 14.2 Å². The van der Waals surface area contributed by atoms with Crippen molar-refractivity contribution in [1.29, 1.82) is 0 Å². The van der Waals surface area contributed by atoms with Crippen molar-refractivity contribution >= 4 is 17.6 Å². The fourth-order valence-corrected chi connectivity index (χ4v) is 2.95. The highest BCUT2D eigenvalue weighted by molar-refractivity contribution is 5.96. The third kappa shape index (κ3) is 6.09. The molecule has 1 N–H and O–H groups in total. The number of amides is 1. The largest absolute Gasteiger partial charge is 0.497 e. The highest BCUT2D eigenvalue weighted by atomic mass is 16.6. The van der Waals surface area contributed by atoms with E-state index in [9.17, 15) is 9.59 Å². The van der Waals surface area contributed by atoms with Crippen molar-refractivity contribution in [3.63, 3.8) is 0 Å². The summed E-state index contributed by atoms with van der Waals surface area (Å²) in [5, 5.41) is 2.87. The number of hydrogen-bond donors (Lipinski definition) is 1. The standard InChI is InChI=1S/C25H25NO5/c1-17-9-10-18(2)22(15-17)26-25(28)24(19-7-5-4-6-8-19)31-23(27)16-30-21-13-11-20(29-3)12-14-21/h4-15,24H,16H2,1-3H3,(H,26,28). The Morgan fingerprint density at radius 1 is 0.903 bits per heavy atom. The van der Waals surface area contributed by atoms with Crippen LogP contribution in [0.25, 0.3) is 0 Å². The summed E-state index contributed by atoms with van der Waals surface area (Å²) in [7, 11) is 1.57. The van der Waals surface area contributed by atoms with Crippen LogP contribution in [0.15, 0.2) is 72.8 Å². The maximum absolute atomic E-state index is 13.0. The van der Waals surface area contributed by atoms with Crippen LogP contribution in [-0.2, 0) is 14.3 Å². The zero-order valence-corrected chi connectivity index (χ0v) is 17.8. The topological polar surface area (TPSA) is 73.9 Å². The predicted molar refractivity (Wildman–Crippen MR) is 118 cm³/mol. The minimum absolute atomic E-state index is 0.327. The van der Waals surface area contributed by atoms with Gasteiger partial charge < -0.3 is 19.5 Å². The lowest BCUT2D eigenvalue weighted by Crippen LogP contribution is -2.28. The van der Waals surface area contributed by atoms with E-state index in [1.165, 1.54) is 0 Å². The first kappa shape index (κ1) is 21.9. The second-order valence-corrected chi connectivity index (χ2v) is 7.05. The molecule has 0 aliphatic heterocycles. The lowest BCUT2D eigenvalue weighted by atomic mass is 10.1. The number of carbonyl (C=O) groups excluding carboxylic acids is 2. The monoisotopic (exact) mass is 419 g/mol. The molecule has 3 aromatic carbocycles. The molecule has 1 unspecified atom stereocenters. The lowest BCUT2D eigenvalue weighted by Gasteiger charge is -2.19. The van der Waals surface area contributed by atoms with Gasteiger partial charge in [-0.3, -0.25) is 4.79 Å². The average Bonchev–Trinajstić information content (AvgIpc) is 2.79. The number of nitrogens with one attached hydrogen (secondary N) is 1. The molecular weight excluding hydrogens is 394 g/mol. The molecule has 1 amide bonds. The van der Waals surface area contributed by atoms with Gasteiger partial charge in [-0.05, 0) is 55.3 Å². The third-order valence-electron chi connectivity index (χ3n) is 4.66. The van der Waals surface area contributed by atoms with E-state index in [1.807, 2.05) is 38.1 Å². The number of anilines is 1. The molecule has 0 radical (unpaired) electrons. The molecule has 6 nitrogen and oxygen atoms in total. The van der Waals surface area contributed by atoms with Crippen LogP contribution in [0.4, 0.5) is 5.69 Å². The first-order valence-electron chi connectivity index (χ1n) is 9.85. The molecule has 0 spiro atoms. The fraction of sp³-hybridized carbons (Fsp3) is 0.200. The summed E-state index contributed by atoms with van der Waals surface area (Å²) in [5.74, 6) is 0.0921. The highest BCUT2D eigenvalue weighted by Gasteiger charge is 2.25. The van der Waals surface area contributed by atoms with E-state index in [0.717, 1.165) is 11.1 Å². The quantitative estimate of drug-likeness (QED) is 0.540. The van der Waals surface area contributed by atoms with Gasteiger partial charge in [0, 0.05) is 11.3 Å². The van der Waals surface area contributed by atoms with Crippen LogP contribution in [0, 0.1) is 13.8 Å². The first-order valence-corrected chi connectivity index (χ1v) is 9.85. The molecule has 1 atom stereocenters. The molecule has 160 valence electrons. The smallest absolute Gasteiger partial charge is 0.345 e. The number of aryl methyl sites for hydroxylation is 2. The van der Waals surface area contributed by atoms with E-state index in [0.29, 0.717) is 22.7 Å². The van der Waals surface area contributed by atoms with Gasteiger partial charge >= 0.3 is 5.97 Å². The number of carbonyl (C=O) groups is 2. The number of ether oxygens (including phenoxy) is 3. The molecule has 0 bridgehead atoms. The van der Waals surface area contributed by atoms with Crippen molar-refractivity contribution in [1.82, 2.24) is 0 Å². The molecule has 0 saturated carbocycles. The van der Waals surface area contributed by atoms with E-state index in [-0.39, 0.29) is 6.61 Å². The zero-order valence-electron chi connectivity index (χ0n) is 17.8. The molecule has 0 aliphatic carbocycles. The Labute approximate surface area is 181 Å². The number of rotatable bonds is 8. The number of methoxy groups -OCH3 is 1. The summed E-state index contributed by atoms with van der Waals surface area (Å²) in [6.45, 7) is 3.52. The van der Waals surface area contributed by atoms with Gasteiger partial charge in [-0.15, -0.1) is 0 Å². The summed E-state index contributed by atoms with van der Waals surface area (Å²) < 4.78 is 16.1. The number of benzene rings is 3. The van der Waals surface area contributed by atoms with Gasteiger partial charge in [-0.1, -0.05) is 42.5 Å². The van der Waals surface area contributed by atoms with Gasteiger partial charge in [-0.25, -0.2) is 4.79 Å². The third-order valence-corrected chi connectivity index (χ3v) is 4.66. The molecule has 0 aliphatic rings. The van der Waals surface area contributed by atoms with E-state index >= 15 is 0 Å². The Kier molecular flexibility index (Phi) is 7.27. The second-order valence-electron chi connectivity index (χ2n) is 7.05. The number of esters is 1. The normalized spacial score (nSPS) is 11.3. The van der Waals surface area contributed by atoms with Crippen LogP contribution < -0.4 is 14.8 Å². The van der Waals surface area contributed by atoms with Crippen molar-refractivity contribution < 1.29 is 23.8 Å². The molecule has 31 heavy (non-hydrogen) atoms. The molecule has 0 saturated heterocycles. The SMILES string of the molecule is COc1ccc(OCC(=O)OC(C(=O)Nc2cc(C)ccc2C)c2ccccc2)cc1. The Balaban J connectivity index is 1.70. The summed E-state index contributed by atoms with van der Waals surface area (Å²) in [6.07, 6.45) is -1.10. The first-order chi connectivity index (χ1) is 15.0. The molecule has 6 heteroatoms. The van der Waals surface area contributed by atoms with Crippen LogP contribution >= 0.6 is 0 Å². The predicted octanol–water partition coefficient (Wildman–Crippen LogP) is 4.61. The van der Waals surface area contributed by atoms with Crippen molar-refractivity contribution in [2.24, 2.45) is 0 Å². The highest BCUT2D eigenvalue weighted by Crippen LogP contribution is 2.23. The van der Waals surface area contributed by atoms with Crippen LogP contribution in [-0.4, -0.2) is 25.6 Å². The van der Waals surface area contributed by atoms with Gasteiger partial charge in [0.05, 0.1) is 7.11 Å². The van der Waals surface area contributed by atoms with Gasteiger partial charge in [0.25, 0.3) is 5.91 Å². The fourth-order valence-electron chi connectivity index (χ4n) is 2.95. The summed E-state index contributed by atoms with van der Waals surface area (Å²) in [4.78, 5) is 25.5. The molecule has 3 rings (SSSR count). The molecule has 0 fully saturated rings. The van der Waals surface area contributed by atoms with Crippen molar-refractivity contribution in [3.05, 3.63) is 89.5 Å². The molecular formula is C25H25NO5. The van der Waals surface area contributed by atoms with Gasteiger partial charge in [0.1, 0.15) is 11.5 Å². The Hall–Kier alpha value is -3.80. The van der Waals surface area contributed by atoms with Crippen molar-refractivity contribution in [2.45, 2.75) is 20.0 Å². The van der Waals surface area contributed by atoms with E-state index in [1.54, 1.807) is 55.6 Å². The molecule has 0 heterocycles. The molecule has 0 aromatic heterocycles. The van der Waals surface area contributed by atoms with Gasteiger partial charge in [-0.2, -0.15) is 0 Å². The Bertz CT molecular complexity index is 1030. The second kappa shape index (κ2) is 10.3.